The normalized spacial score (nSPS) is 10.5. The predicted octanol–water partition coefficient (Wildman–Crippen LogP) is 4.10. The molecule has 0 saturated heterocycles. The summed E-state index contributed by atoms with van der Waals surface area (Å²) in [6.07, 6.45) is 1.12. The Balaban J connectivity index is 0.000000512. The first-order valence-electron chi connectivity index (χ1n) is 9.62. The first-order valence-corrected chi connectivity index (χ1v) is 10.00. The van der Waals surface area contributed by atoms with Gasteiger partial charge in [0, 0.05) is 22.7 Å². The summed E-state index contributed by atoms with van der Waals surface area (Å²) in [5, 5.41) is 16.4. The van der Waals surface area contributed by atoms with Crippen LogP contribution in [0.25, 0.3) is 11.1 Å². The van der Waals surface area contributed by atoms with Gasteiger partial charge in [-0.15, -0.1) is 0 Å². The van der Waals surface area contributed by atoms with Crippen LogP contribution in [-0.2, 0) is 25.7 Å². The van der Waals surface area contributed by atoms with Gasteiger partial charge in [0.25, 0.3) is 0 Å². The van der Waals surface area contributed by atoms with E-state index in [-0.39, 0.29) is 5.97 Å². The number of halogens is 1. The van der Waals surface area contributed by atoms with E-state index in [4.69, 9.17) is 26.6 Å². The van der Waals surface area contributed by atoms with E-state index in [1.165, 1.54) is 0 Å². The van der Waals surface area contributed by atoms with Crippen LogP contribution in [0.4, 0.5) is 0 Å². The van der Waals surface area contributed by atoms with Crippen molar-refractivity contribution in [2.24, 2.45) is 0 Å². The molecule has 166 valence electrons. The first kappa shape index (κ1) is 25.9. The predicted molar refractivity (Wildman–Crippen MR) is 119 cm³/mol. The van der Waals surface area contributed by atoms with Crippen LogP contribution < -0.4 is 0 Å². The molecule has 2 aromatic rings. The quantitative estimate of drug-likeness (QED) is 0.440. The Bertz CT molecular complexity index is 875. The highest BCUT2D eigenvalue weighted by Crippen LogP contribution is 2.27. The third-order valence-electron chi connectivity index (χ3n) is 4.15. The van der Waals surface area contributed by atoms with Gasteiger partial charge in [-0.05, 0) is 30.3 Å². The number of aliphatic carboxylic acids is 2. The molecule has 0 atom stereocenters. The number of likely N-dealkylation sites (N-methyl/N-ethyl adjacent to an activating group) is 1. The molecule has 0 saturated carbocycles. The number of carboxylic acid groups (broad SMARTS) is 2. The van der Waals surface area contributed by atoms with Crippen LogP contribution in [0.3, 0.4) is 0 Å². The van der Waals surface area contributed by atoms with Crippen LogP contribution in [0.5, 0.6) is 0 Å². The van der Waals surface area contributed by atoms with Crippen LogP contribution in [0.2, 0.25) is 5.02 Å². The molecular weight excluding hydrogens is 422 g/mol. The highest BCUT2D eigenvalue weighted by molar-refractivity contribution is 6.33. The number of hydrogen-bond donors (Lipinski definition) is 2. The van der Waals surface area contributed by atoms with E-state index >= 15 is 0 Å². The third kappa shape index (κ3) is 10.4. The van der Waals surface area contributed by atoms with E-state index in [9.17, 15) is 14.4 Å². The second kappa shape index (κ2) is 14.0. The van der Waals surface area contributed by atoms with E-state index in [0.29, 0.717) is 25.3 Å². The molecule has 8 heteroatoms. The Labute approximate surface area is 186 Å². The Morgan fingerprint density at radius 3 is 1.97 bits per heavy atom. The van der Waals surface area contributed by atoms with Crippen LogP contribution >= 0.6 is 11.6 Å². The minimum absolute atomic E-state index is 0.191. The number of carbonyl (C=O) groups is 3. The summed E-state index contributed by atoms with van der Waals surface area (Å²) >= 11 is 6.20. The van der Waals surface area contributed by atoms with Gasteiger partial charge in [-0.25, -0.2) is 9.59 Å². The monoisotopic (exact) mass is 447 g/mol. The minimum atomic E-state index is -1.26. The molecule has 0 unspecified atom stereocenters. The molecule has 0 heterocycles. The molecule has 0 spiro atoms. The lowest BCUT2D eigenvalue weighted by Crippen LogP contribution is -2.30. The number of carboxylic acids is 2. The summed E-state index contributed by atoms with van der Waals surface area (Å²) < 4.78 is 5.32. The maximum Gasteiger partial charge on any atom is 0.328 e. The minimum Gasteiger partial charge on any atom is -0.478 e. The van der Waals surface area contributed by atoms with Crippen molar-refractivity contribution in [2.45, 2.75) is 20.5 Å². The number of carbonyl (C=O) groups excluding carboxylic acids is 1. The topological polar surface area (TPSA) is 104 Å². The molecule has 0 aliphatic carbocycles. The van der Waals surface area contributed by atoms with Crippen molar-refractivity contribution in [1.82, 2.24) is 4.90 Å². The standard InChI is InChI=1S/C19H22ClNO2.C4H4O4/c1-3-21(4-2)13-19(22)23-14-15-9-11-16(12-10-15)17-7-5-6-8-18(17)20;5-3(6)1-2-4(7)8/h5-12H,3-4,13-14H2,1-2H3;1-2H,(H,5,6)(H,7,8)/b;2-1-. The number of benzene rings is 2. The van der Waals surface area contributed by atoms with Crippen molar-refractivity contribution in [1.29, 1.82) is 0 Å². The zero-order valence-electron chi connectivity index (χ0n) is 17.5. The summed E-state index contributed by atoms with van der Waals surface area (Å²) in [6, 6.07) is 15.6. The lowest BCUT2D eigenvalue weighted by Gasteiger charge is -2.16. The van der Waals surface area contributed by atoms with E-state index in [2.05, 4.69) is 0 Å². The van der Waals surface area contributed by atoms with Crippen molar-refractivity contribution >= 4 is 29.5 Å². The number of rotatable bonds is 9. The molecule has 0 fully saturated rings. The second-order valence-electron chi connectivity index (χ2n) is 6.31. The van der Waals surface area contributed by atoms with Gasteiger partial charge in [0.2, 0.25) is 0 Å². The largest absolute Gasteiger partial charge is 0.478 e. The molecule has 2 aromatic carbocycles. The van der Waals surface area contributed by atoms with Gasteiger partial charge in [0.1, 0.15) is 6.61 Å². The molecule has 2 rings (SSSR count). The lowest BCUT2D eigenvalue weighted by atomic mass is 10.0. The molecule has 0 aromatic heterocycles. The Hall–Kier alpha value is -3.16. The number of nitrogens with zero attached hydrogens (tertiary/aromatic N) is 1. The van der Waals surface area contributed by atoms with E-state index in [1.54, 1.807) is 0 Å². The van der Waals surface area contributed by atoms with Crippen molar-refractivity contribution < 1.29 is 29.3 Å². The van der Waals surface area contributed by atoms with Gasteiger partial charge in [-0.1, -0.05) is 67.9 Å². The molecule has 0 bridgehead atoms. The van der Waals surface area contributed by atoms with Crippen molar-refractivity contribution in [3.05, 3.63) is 71.3 Å². The Morgan fingerprint density at radius 1 is 0.935 bits per heavy atom. The zero-order chi connectivity index (χ0) is 23.2. The van der Waals surface area contributed by atoms with Gasteiger partial charge in [0.15, 0.2) is 0 Å². The fraction of sp³-hybridized carbons (Fsp3) is 0.261. The molecule has 0 radical (unpaired) electrons. The molecule has 0 aliphatic heterocycles. The van der Waals surface area contributed by atoms with E-state index < -0.39 is 11.9 Å². The first-order chi connectivity index (χ1) is 14.8. The number of ether oxygens (including phenoxy) is 1. The van der Waals surface area contributed by atoms with Gasteiger partial charge < -0.3 is 14.9 Å². The van der Waals surface area contributed by atoms with Crippen LogP contribution in [0, 0.1) is 0 Å². The third-order valence-corrected chi connectivity index (χ3v) is 4.48. The van der Waals surface area contributed by atoms with Gasteiger partial charge >= 0.3 is 17.9 Å². The van der Waals surface area contributed by atoms with E-state index in [1.807, 2.05) is 67.3 Å². The smallest absolute Gasteiger partial charge is 0.328 e. The molecule has 7 nitrogen and oxygen atoms in total. The fourth-order valence-corrected chi connectivity index (χ4v) is 2.70. The number of hydrogen-bond acceptors (Lipinski definition) is 5. The summed E-state index contributed by atoms with van der Waals surface area (Å²) in [6.45, 7) is 6.39. The number of esters is 1. The average Bonchev–Trinajstić information content (AvgIpc) is 2.76. The second-order valence-corrected chi connectivity index (χ2v) is 6.72. The van der Waals surface area contributed by atoms with Crippen LogP contribution in [0.1, 0.15) is 19.4 Å². The maximum absolute atomic E-state index is 11.8. The Morgan fingerprint density at radius 2 is 1.48 bits per heavy atom. The summed E-state index contributed by atoms with van der Waals surface area (Å²) in [7, 11) is 0. The molecule has 0 aliphatic rings. The van der Waals surface area contributed by atoms with Crippen molar-refractivity contribution in [2.75, 3.05) is 19.6 Å². The fourth-order valence-electron chi connectivity index (χ4n) is 2.46. The highest BCUT2D eigenvalue weighted by atomic mass is 35.5. The van der Waals surface area contributed by atoms with Crippen LogP contribution in [0.15, 0.2) is 60.7 Å². The van der Waals surface area contributed by atoms with Crippen LogP contribution in [-0.4, -0.2) is 52.7 Å². The molecule has 2 N–H and O–H groups in total. The van der Waals surface area contributed by atoms with Gasteiger partial charge in [-0.3, -0.25) is 9.69 Å². The lowest BCUT2D eigenvalue weighted by molar-refractivity contribution is -0.146. The Kier molecular flexibility index (Phi) is 11.6. The van der Waals surface area contributed by atoms with E-state index in [0.717, 1.165) is 34.8 Å². The van der Waals surface area contributed by atoms with Crippen molar-refractivity contribution in [3.8, 4) is 11.1 Å². The molecule has 0 amide bonds. The van der Waals surface area contributed by atoms with Gasteiger partial charge in [0.05, 0.1) is 6.54 Å². The summed E-state index contributed by atoms with van der Waals surface area (Å²) in [5.74, 6) is -2.70. The molecular formula is C23H26ClNO6. The maximum atomic E-state index is 11.8. The zero-order valence-corrected chi connectivity index (χ0v) is 18.2. The summed E-state index contributed by atoms with van der Waals surface area (Å²) in [4.78, 5) is 32.9. The summed E-state index contributed by atoms with van der Waals surface area (Å²) in [5.41, 5.74) is 3.02. The molecule has 31 heavy (non-hydrogen) atoms. The SMILES string of the molecule is CCN(CC)CC(=O)OCc1ccc(-c2ccccc2Cl)cc1.O=C(O)/C=C\C(=O)O. The average molecular weight is 448 g/mol. The van der Waals surface area contributed by atoms with Gasteiger partial charge in [-0.2, -0.15) is 0 Å². The van der Waals surface area contributed by atoms with Crippen molar-refractivity contribution in [3.63, 3.8) is 0 Å². The highest BCUT2D eigenvalue weighted by Gasteiger charge is 2.09.